The number of aromatic carboxylic acids is 1. The predicted octanol–water partition coefficient (Wildman–Crippen LogP) is 2.90. The fourth-order valence-electron chi connectivity index (χ4n) is 2.09. The number of aryl methyl sites for hydroxylation is 1. The Morgan fingerprint density at radius 2 is 2.00 bits per heavy atom. The van der Waals surface area contributed by atoms with Gasteiger partial charge < -0.3 is 14.4 Å². The molecule has 1 aromatic heterocycles. The molecule has 4 nitrogen and oxygen atoms in total. The van der Waals surface area contributed by atoms with Crippen LogP contribution >= 0.6 is 0 Å². The Kier molecular flexibility index (Phi) is 2.92. The van der Waals surface area contributed by atoms with Gasteiger partial charge >= 0.3 is 12.1 Å². The first-order valence-corrected chi connectivity index (χ1v) is 5.24. The normalized spacial score (nSPS) is 11.8. The van der Waals surface area contributed by atoms with E-state index >= 15 is 0 Å². The van der Waals surface area contributed by atoms with Crippen molar-refractivity contribution in [3.05, 3.63) is 29.5 Å². The van der Waals surface area contributed by atoms with E-state index in [0.717, 1.165) is 4.57 Å². The summed E-state index contributed by atoms with van der Waals surface area (Å²) < 4.78 is 44.7. The third-order valence-corrected chi connectivity index (χ3v) is 2.89. The highest BCUT2D eigenvalue weighted by Gasteiger charge is 2.40. The maximum absolute atomic E-state index is 13.0. The van der Waals surface area contributed by atoms with Crippen LogP contribution in [0.2, 0.25) is 0 Å². The van der Waals surface area contributed by atoms with Gasteiger partial charge in [-0.15, -0.1) is 0 Å². The number of nitrogens with zero attached hydrogens (tertiary/aromatic N) is 1. The number of carboxylic acids is 1. The molecule has 0 aliphatic heterocycles. The molecule has 1 N–H and O–H groups in total. The fourth-order valence-corrected chi connectivity index (χ4v) is 2.09. The quantitative estimate of drug-likeness (QED) is 0.915. The van der Waals surface area contributed by atoms with Gasteiger partial charge in [0.15, 0.2) is 0 Å². The van der Waals surface area contributed by atoms with Crippen LogP contribution < -0.4 is 4.74 Å². The van der Waals surface area contributed by atoms with Gasteiger partial charge in [-0.1, -0.05) is 0 Å². The van der Waals surface area contributed by atoms with E-state index < -0.39 is 23.4 Å². The first-order chi connectivity index (χ1) is 8.77. The van der Waals surface area contributed by atoms with Crippen molar-refractivity contribution in [3.63, 3.8) is 0 Å². The summed E-state index contributed by atoms with van der Waals surface area (Å²) in [5.41, 5.74) is -1.76. The lowest BCUT2D eigenvalue weighted by molar-refractivity contribution is -0.143. The first-order valence-electron chi connectivity index (χ1n) is 5.24. The largest absolute Gasteiger partial charge is 0.497 e. The Balaban J connectivity index is 2.91. The summed E-state index contributed by atoms with van der Waals surface area (Å²) in [6.07, 6.45) is -4.74. The number of hydrogen-bond donors (Lipinski definition) is 1. The Bertz CT molecular complexity index is 658. The van der Waals surface area contributed by atoms with E-state index in [2.05, 4.69) is 0 Å². The van der Waals surface area contributed by atoms with E-state index in [9.17, 15) is 18.0 Å². The van der Waals surface area contributed by atoms with Crippen LogP contribution in [0.15, 0.2) is 18.2 Å². The number of carbonyl (C=O) groups is 1. The topological polar surface area (TPSA) is 51.5 Å². The zero-order valence-corrected chi connectivity index (χ0v) is 10.1. The molecule has 1 aromatic carbocycles. The molecule has 0 bridgehead atoms. The number of aromatic nitrogens is 1. The third-order valence-electron chi connectivity index (χ3n) is 2.89. The van der Waals surface area contributed by atoms with Gasteiger partial charge in [0.2, 0.25) is 0 Å². The summed E-state index contributed by atoms with van der Waals surface area (Å²) in [6.45, 7) is 0. The highest BCUT2D eigenvalue weighted by atomic mass is 19.4. The van der Waals surface area contributed by atoms with Crippen molar-refractivity contribution in [2.24, 2.45) is 7.05 Å². The Labute approximate surface area is 106 Å². The Morgan fingerprint density at radius 3 is 2.47 bits per heavy atom. The standard InChI is InChI=1S/C12H10F3NO3/c1-16-8-5-6(19-2)3-4-7(8)9(11(17)18)10(16)12(13,14)15/h3-5H,1-2H3,(H,17,18). The van der Waals surface area contributed by atoms with Crippen molar-refractivity contribution in [2.75, 3.05) is 7.11 Å². The number of hydrogen-bond acceptors (Lipinski definition) is 2. The summed E-state index contributed by atoms with van der Waals surface area (Å²) in [4.78, 5) is 11.1. The molecular formula is C12H10F3NO3. The molecular weight excluding hydrogens is 263 g/mol. The average molecular weight is 273 g/mol. The van der Waals surface area contributed by atoms with Gasteiger partial charge in [-0.05, 0) is 12.1 Å². The van der Waals surface area contributed by atoms with Crippen molar-refractivity contribution in [2.45, 2.75) is 6.18 Å². The lowest BCUT2D eigenvalue weighted by Crippen LogP contribution is -2.15. The second kappa shape index (κ2) is 4.18. The van der Waals surface area contributed by atoms with E-state index in [0.29, 0.717) is 5.75 Å². The number of benzene rings is 1. The molecule has 0 aliphatic carbocycles. The predicted molar refractivity (Wildman–Crippen MR) is 61.4 cm³/mol. The number of methoxy groups -OCH3 is 1. The molecule has 0 saturated heterocycles. The van der Waals surface area contributed by atoms with Crippen LogP contribution in [-0.4, -0.2) is 22.8 Å². The van der Waals surface area contributed by atoms with Crippen molar-refractivity contribution < 1.29 is 27.8 Å². The molecule has 2 rings (SSSR count). The summed E-state index contributed by atoms with van der Waals surface area (Å²) >= 11 is 0. The molecule has 0 unspecified atom stereocenters. The molecule has 0 atom stereocenters. The number of rotatable bonds is 2. The van der Waals surface area contributed by atoms with Crippen LogP contribution in [0.3, 0.4) is 0 Å². The number of ether oxygens (including phenoxy) is 1. The number of alkyl halides is 3. The van der Waals surface area contributed by atoms with Gasteiger partial charge in [-0.3, -0.25) is 0 Å². The fraction of sp³-hybridized carbons (Fsp3) is 0.250. The minimum atomic E-state index is -4.74. The molecule has 102 valence electrons. The van der Waals surface area contributed by atoms with Crippen molar-refractivity contribution >= 4 is 16.9 Å². The maximum Gasteiger partial charge on any atom is 0.432 e. The summed E-state index contributed by atoms with van der Waals surface area (Å²) in [5.74, 6) is -1.25. The van der Waals surface area contributed by atoms with E-state index in [4.69, 9.17) is 9.84 Å². The lowest BCUT2D eigenvalue weighted by Gasteiger charge is -2.09. The molecule has 0 fully saturated rings. The molecule has 0 amide bonds. The second-order valence-electron chi connectivity index (χ2n) is 3.97. The number of carboxylic acid groups (broad SMARTS) is 1. The molecule has 1 heterocycles. The molecule has 0 saturated carbocycles. The highest BCUT2D eigenvalue weighted by Crippen LogP contribution is 2.38. The molecule has 19 heavy (non-hydrogen) atoms. The minimum Gasteiger partial charge on any atom is -0.497 e. The SMILES string of the molecule is COc1ccc2c(C(=O)O)c(C(F)(F)F)n(C)c2c1. The van der Waals surface area contributed by atoms with Crippen LogP contribution in [0.4, 0.5) is 13.2 Å². The smallest absolute Gasteiger partial charge is 0.432 e. The molecule has 7 heteroatoms. The van der Waals surface area contributed by atoms with Crippen LogP contribution in [0.1, 0.15) is 16.1 Å². The zero-order chi connectivity index (χ0) is 14.4. The van der Waals surface area contributed by atoms with Crippen LogP contribution in [0.25, 0.3) is 10.9 Å². The van der Waals surface area contributed by atoms with Crippen molar-refractivity contribution in [1.29, 1.82) is 0 Å². The summed E-state index contributed by atoms with van der Waals surface area (Å²) in [6, 6.07) is 4.11. The molecule has 0 spiro atoms. The van der Waals surface area contributed by atoms with Gasteiger partial charge in [-0.2, -0.15) is 13.2 Å². The molecule has 0 aliphatic rings. The van der Waals surface area contributed by atoms with E-state index in [1.54, 1.807) is 0 Å². The van der Waals surface area contributed by atoms with Crippen LogP contribution in [-0.2, 0) is 13.2 Å². The van der Waals surface area contributed by atoms with Gasteiger partial charge in [0.25, 0.3) is 0 Å². The Hall–Kier alpha value is -2.18. The average Bonchev–Trinajstić information content (AvgIpc) is 2.62. The highest BCUT2D eigenvalue weighted by molar-refractivity contribution is 6.05. The second-order valence-corrected chi connectivity index (χ2v) is 3.97. The van der Waals surface area contributed by atoms with Gasteiger partial charge in [-0.25, -0.2) is 4.79 Å². The molecule has 2 aromatic rings. The monoisotopic (exact) mass is 273 g/mol. The van der Waals surface area contributed by atoms with E-state index in [1.807, 2.05) is 0 Å². The first kappa shape index (κ1) is 13.3. The lowest BCUT2D eigenvalue weighted by atomic mass is 10.1. The maximum atomic E-state index is 13.0. The van der Waals surface area contributed by atoms with Crippen molar-refractivity contribution in [1.82, 2.24) is 4.57 Å². The third kappa shape index (κ3) is 2.00. The van der Waals surface area contributed by atoms with Crippen LogP contribution in [0.5, 0.6) is 5.75 Å². The zero-order valence-electron chi connectivity index (χ0n) is 10.1. The molecule has 0 radical (unpaired) electrons. The van der Waals surface area contributed by atoms with E-state index in [1.165, 1.54) is 32.4 Å². The Morgan fingerprint density at radius 1 is 1.37 bits per heavy atom. The van der Waals surface area contributed by atoms with Gasteiger partial charge in [0.05, 0.1) is 18.2 Å². The number of fused-ring (bicyclic) bond motifs is 1. The van der Waals surface area contributed by atoms with Gasteiger partial charge in [0, 0.05) is 18.5 Å². The summed E-state index contributed by atoms with van der Waals surface area (Å²) in [7, 11) is 2.56. The summed E-state index contributed by atoms with van der Waals surface area (Å²) in [5, 5.41) is 9.05. The van der Waals surface area contributed by atoms with E-state index in [-0.39, 0.29) is 10.9 Å². The van der Waals surface area contributed by atoms with Crippen LogP contribution in [0, 0.1) is 0 Å². The number of halogens is 3. The van der Waals surface area contributed by atoms with Gasteiger partial charge in [0.1, 0.15) is 11.4 Å². The minimum absolute atomic E-state index is 0.0307. The van der Waals surface area contributed by atoms with Crippen molar-refractivity contribution in [3.8, 4) is 5.75 Å².